The van der Waals surface area contributed by atoms with Gasteiger partial charge in [-0.05, 0) is 49.7 Å². The van der Waals surface area contributed by atoms with E-state index in [9.17, 15) is 14.7 Å². The van der Waals surface area contributed by atoms with Crippen molar-refractivity contribution in [1.82, 2.24) is 10.6 Å². The molecule has 130 valence electrons. The quantitative estimate of drug-likeness (QED) is 0.666. The van der Waals surface area contributed by atoms with Crippen LogP contribution in [-0.2, 0) is 4.79 Å². The Morgan fingerprint density at radius 3 is 2.62 bits per heavy atom. The predicted molar refractivity (Wildman–Crippen MR) is 91.3 cm³/mol. The molecule has 0 aromatic heterocycles. The molecule has 1 aromatic carbocycles. The third kappa shape index (κ3) is 3.78. The van der Waals surface area contributed by atoms with Gasteiger partial charge in [-0.1, -0.05) is 18.2 Å². The lowest BCUT2D eigenvalue weighted by molar-refractivity contribution is -0.122. The van der Waals surface area contributed by atoms with Crippen molar-refractivity contribution in [3.8, 4) is 0 Å². The van der Waals surface area contributed by atoms with E-state index in [-0.39, 0.29) is 30.4 Å². The van der Waals surface area contributed by atoms with Crippen molar-refractivity contribution in [1.29, 1.82) is 0 Å². The zero-order valence-electron chi connectivity index (χ0n) is 13.9. The van der Waals surface area contributed by atoms with E-state index in [0.717, 1.165) is 6.42 Å². The van der Waals surface area contributed by atoms with Crippen molar-refractivity contribution in [3.63, 3.8) is 0 Å². The molecule has 2 saturated carbocycles. The Balaban J connectivity index is 1.36. The van der Waals surface area contributed by atoms with Crippen LogP contribution >= 0.6 is 0 Å². The molecule has 4 unspecified atom stereocenters. The van der Waals surface area contributed by atoms with Crippen LogP contribution in [0.15, 0.2) is 30.3 Å². The molecule has 24 heavy (non-hydrogen) atoms. The number of amides is 2. The third-order valence-corrected chi connectivity index (χ3v) is 5.53. The van der Waals surface area contributed by atoms with Gasteiger partial charge in [-0.15, -0.1) is 0 Å². The van der Waals surface area contributed by atoms with Crippen LogP contribution < -0.4 is 10.6 Å². The standard InChI is InChI=1S/C19H26N2O3/c22-12-16-14-8-9-15(11-14)18(16)21-17(23)7-4-10-20-19(24)13-5-2-1-3-6-13/h1-3,5-6,14-16,18,22H,4,7-12H2,(H,20,24)(H,21,23). The number of benzene rings is 1. The molecule has 5 nitrogen and oxygen atoms in total. The average Bonchev–Trinajstić information content (AvgIpc) is 3.20. The zero-order valence-corrected chi connectivity index (χ0v) is 13.9. The van der Waals surface area contributed by atoms with Gasteiger partial charge < -0.3 is 15.7 Å². The first kappa shape index (κ1) is 17.0. The minimum Gasteiger partial charge on any atom is -0.396 e. The molecule has 2 bridgehead atoms. The highest BCUT2D eigenvalue weighted by molar-refractivity contribution is 5.94. The lowest BCUT2D eigenvalue weighted by atomic mass is 9.85. The number of rotatable bonds is 7. The summed E-state index contributed by atoms with van der Waals surface area (Å²) in [6, 6.07) is 9.21. The number of nitrogens with one attached hydrogen (secondary N) is 2. The molecule has 2 aliphatic carbocycles. The highest BCUT2D eigenvalue weighted by Gasteiger charge is 2.47. The predicted octanol–water partition coefficient (Wildman–Crippen LogP) is 1.72. The molecule has 1 aromatic rings. The molecule has 0 heterocycles. The minimum absolute atomic E-state index is 0.0277. The third-order valence-electron chi connectivity index (χ3n) is 5.53. The minimum atomic E-state index is -0.107. The summed E-state index contributed by atoms with van der Waals surface area (Å²) in [5, 5.41) is 15.5. The van der Waals surface area contributed by atoms with E-state index >= 15 is 0 Å². The second kappa shape index (κ2) is 7.79. The highest BCUT2D eigenvalue weighted by Crippen LogP contribution is 2.48. The number of carbonyl (C=O) groups excluding carboxylic acids is 2. The second-order valence-electron chi connectivity index (χ2n) is 7.00. The number of fused-ring (bicyclic) bond motifs is 2. The summed E-state index contributed by atoms with van der Waals surface area (Å²) in [5.41, 5.74) is 0.634. The summed E-state index contributed by atoms with van der Waals surface area (Å²) in [6.07, 6.45) is 4.52. The number of aliphatic hydroxyl groups excluding tert-OH is 1. The summed E-state index contributed by atoms with van der Waals surface area (Å²) in [6.45, 7) is 0.653. The van der Waals surface area contributed by atoms with Gasteiger partial charge in [0.1, 0.15) is 0 Å². The number of aliphatic hydroxyl groups is 1. The van der Waals surface area contributed by atoms with Gasteiger partial charge >= 0.3 is 0 Å². The number of hydrogen-bond acceptors (Lipinski definition) is 3. The smallest absolute Gasteiger partial charge is 0.251 e. The molecule has 0 radical (unpaired) electrons. The second-order valence-corrected chi connectivity index (χ2v) is 7.00. The Morgan fingerprint density at radius 1 is 1.12 bits per heavy atom. The molecular formula is C19H26N2O3. The van der Waals surface area contributed by atoms with Crippen LogP contribution in [0, 0.1) is 17.8 Å². The first-order valence-corrected chi connectivity index (χ1v) is 8.92. The summed E-state index contributed by atoms with van der Waals surface area (Å²) >= 11 is 0. The van der Waals surface area contributed by atoms with Gasteiger partial charge in [0, 0.05) is 37.1 Å². The van der Waals surface area contributed by atoms with Crippen LogP contribution in [-0.4, -0.2) is 36.1 Å². The first-order valence-electron chi connectivity index (χ1n) is 8.92. The van der Waals surface area contributed by atoms with Gasteiger partial charge in [-0.25, -0.2) is 0 Å². The maximum atomic E-state index is 12.1. The van der Waals surface area contributed by atoms with E-state index in [1.54, 1.807) is 12.1 Å². The van der Waals surface area contributed by atoms with Crippen LogP contribution in [0.25, 0.3) is 0 Å². The van der Waals surface area contributed by atoms with Gasteiger partial charge in [0.25, 0.3) is 5.91 Å². The van der Waals surface area contributed by atoms with Crippen LogP contribution in [0.2, 0.25) is 0 Å². The number of hydrogen-bond donors (Lipinski definition) is 3. The molecule has 2 aliphatic rings. The molecule has 2 amide bonds. The molecule has 2 fully saturated rings. The monoisotopic (exact) mass is 330 g/mol. The SMILES string of the molecule is O=C(CCCNC(=O)c1ccccc1)NC1C2CCC(C2)C1CO. The fourth-order valence-corrected chi connectivity index (χ4v) is 4.30. The van der Waals surface area contributed by atoms with Crippen LogP contribution in [0.4, 0.5) is 0 Å². The molecular weight excluding hydrogens is 304 g/mol. The van der Waals surface area contributed by atoms with Crippen molar-refractivity contribution in [2.24, 2.45) is 17.8 Å². The Labute approximate surface area is 142 Å². The van der Waals surface area contributed by atoms with Crippen molar-refractivity contribution in [2.45, 2.75) is 38.1 Å². The topological polar surface area (TPSA) is 78.4 Å². The zero-order chi connectivity index (χ0) is 16.9. The first-order chi connectivity index (χ1) is 11.7. The molecule has 3 N–H and O–H groups in total. The van der Waals surface area contributed by atoms with E-state index in [4.69, 9.17) is 0 Å². The Kier molecular flexibility index (Phi) is 5.51. The van der Waals surface area contributed by atoms with Crippen LogP contribution in [0.3, 0.4) is 0 Å². The summed E-state index contributed by atoms with van der Waals surface area (Å²) in [4.78, 5) is 24.0. The number of carbonyl (C=O) groups is 2. The fourth-order valence-electron chi connectivity index (χ4n) is 4.30. The van der Waals surface area contributed by atoms with Crippen molar-refractivity contribution in [2.75, 3.05) is 13.2 Å². The normalized spacial score (nSPS) is 27.9. The van der Waals surface area contributed by atoms with Gasteiger partial charge in [0.15, 0.2) is 0 Å². The van der Waals surface area contributed by atoms with Gasteiger partial charge in [0.05, 0.1) is 0 Å². The Morgan fingerprint density at radius 2 is 1.88 bits per heavy atom. The van der Waals surface area contributed by atoms with Crippen molar-refractivity contribution >= 4 is 11.8 Å². The molecule has 0 spiro atoms. The van der Waals surface area contributed by atoms with E-state index in [1.807, 2.05) is 18.2 Å². The summed E-state index contributed by atoms with van der Waals surface area (Å²) in [7, 11) is 0. The van der Waals surface area contributed by atoms with Gasteiger partial charge in [-0.3, -0.25) is 9.59 Å². The van der Waals surface area contributed by atoms with Crippen molar-refractivity contribution in [3.05, 3.63) is 35.9 Å². The van der Waals surface area contributed by atoms with Gasteiger partial charge in [0.2, 0.25) is 5.91 Å². The summed E-state index contributed by atoms with van der Waals surface area (Å²) < 4.78 is 0. The van der Waals surface area contributed by atoms with E-state index < -0.39 is 0 Å². The lowest BCUT2D eigenvalue weighted by Gasteiger charge is -2.30. The van der Waals surface area contributed by atoms with Crippen molar-refractivity contribution < 1.29 is 14.7 Å². The molecule has 0 aliphatic heterocycles. The molecule has 5 heteroatoms. The van der Waals surface area contributed by atoms with Gasteiger partial charge in [-0.2, -0.15) is 0 Å². The highest BCUT2D eigenvalue weighted by atomic mass is 16.3. The fraction of sp³-hybridized carbons (Fsp3) is 0.579. The van der Waals surface area contributed by atoms with E-state index in [0.29, 0.717) is 36.8 Å². The average molecular weight is 330 g/mol. The maximum Gasteiger partial charge on any atom is 0.251 e. The van der Waals surface area contributed by atoms with E-state index in [2.05, 4.69) is 10.6 Å². The maximum absolute atomic E-state index is 12.1. The largest absolute Gasteiger partial charge is 0.396 e. The molecule has 0 saturated heterocycles. The Bertz CT molecular complexity index is 575. The summed E-state index contributed by atoms with van der Waals surface area (Å²) in [5.74, 6) is 1.26. The molecule has 4 atom stereocenters. The molecule has 3 rings (SSSR count). The van der Waals surface area contributed by atoms with E-state index in [1.165, 1.54) is 12.8 Å². The Hall–Kier alpha value is -1.88. The van der Waals surface area contributed by atoms with Crippen LogP contribution in [0.1, 0.15) is 42.5 Å². The lowest BCUT2D eigenvalue weighted by Crippen LogP contribution is -2.45. The van der Waals surface area contributed by atoms with Crippen LogP contribution in [0.5, 0.6) is 0 Å².